The minimum atomic E-state index is -1.33. The number of aromatic nitrogens is 1. The molecule has 1 aliphatic heterocycles. The average Bonchev–Trinajstić information content (AvgIpc) is 2.62. The van der Waals surface area contributed by atoms with Crippen LogP contribution in [0.1, 0.15) is 32.4 Å². The third kappa shape index (κ3) is 2.61. The van der Waals surface area contributed by atoms with Crippen molar-refractivity contribution < 1.29 is 0 Å². The fourth-order valence-corrected chi connectivity index (χ4v) is 4.51. The van der Waals surface area contributed by atoms with Crippen LogP contribution in [-0.2, 0) is 0 Å². The van der Waals surface area contributed by atoms with Gasteiger partial charge in [0, 0.05) is 23.2 Å². The summed E-state index contributed by atoms with van der Waals surface area (Å²) in [4.78, 5) is 0. The van der Waals surface area contributed by atoms with Crippen LogP contribution in [0, 0.1) is 5.41 Å². The molecule has 0 aliphatic carbocycles. The van der Waals surface area contributed by atoms with Crippen LogP contribution in [0.4, 0.5) is 0 Å². The number of nitrogens with zero attached hydrogens (tertiary/aromatic N) is 1. The van der Waals surface area contributed by atoms with Crippen molar-refractivity contribution in [3.05, 3.63) is 53.4 Å². The van der Waals surface area contributed by atoms with Gasteiger partial charge in [0.2, 0.25) is 0 Å². The van der Waals surface area contributed by atoms with Crippen molar-refractivity contribution in [2.45, 2.75) is 46.3 Å². The number of hydrogen-bond donors (Lipinski definition) is 0. The summed E-state index contributed by atoms with van der Waals surface area (Å²) in [7, 11) is -1.33. The highest BCUT2D eigenvalue weighted by Gasteiger charge is 2.31. The molecule has 0 N–H and O–H groups in total. The average molecular weight is 310 g/mol. The van der Waals surface area contributed by atoms with Crippen molar-refractivity contribution in [2.75, 3.05) is 0 Å². The van der Waals surface area contributed by atoms with Gasteiger partial charge in [0.15, 0.2) is 0 Å². The molecule has 1 aliphatic rings. The third-order valence-corrected chi connectivity index (χ3v) is 6.71. The van der Waals surface area contributed by atoms with E-state index in [1.54, 1.807) is 5.20 Å². The molecule has 0 saturated heterocycles. The zero-order valence-electron chi connectivity index (χ0n) is 14.6. The van der Waals surface area contributed by atoms with Gasteiger partial charge in [0.1, 0.15) is 0 Å². The first-order valence-electron chi connectivity index (χ1n) is 8.18. The molecule has 0 fully saturated rings. The lowest BCUT2D eigenvalue weighted by Crippen LogP contribution is -2.25. The molecule has 0 saturated carbocycles. The van der Waals surface area contributed by atoms with Crippen molar-refractivity contribution >= 4 is 25.2 Å². The monoisotopic (exact) mass is 309 g/mol. The molecule has 1 atom stereocenters. The minimum Gasteiger partial charge on any atom is -0.320 e. The van der Waals surface area contributed by atoms with Gasteiger partial charge in [-0.05, 0) is 23.6 Å². The van der Waals surface area contributed by atoms with E-state index in [-0.39, 0.29) is 5.41 Å². The quantitative estimate of drug-likeness (QED) is 0.564. The predicted molar refractivity (Wildman–Crippen MR) is 101 cm³/mol. The molecule has 0 spiro atoms. The summed E-state index contributed by atoms with van der Waals surface area (Å²) >= 11 is 0. The van der Waals surface area contributed by atoms with E-state index in [2.05, 4.69) is 93.7 Å². The van der Waals surface area contributed by atoms with Crippen LogP contribution >= 0.6 is 0 Å². The Balaban J connectivity index is 2.27. The first kappa shape index (κ1) is 15.4. The molecular weight excluding hydrogens is 282 g/mol. The molecule has 1 aromatic carbocycles. The second kappa shape index (κ2) is 4.99. The Morgan fingerprint density at radius 1 is 1.05 bits per heavy atom. The van der Waals surface area contributed by atoms with Gasteiger partial charge >= 0.3 is 0 Å². The third-order valence-electron chi connectivity index (χ3n) is 4.64. The Labute approximate surface area is 135 Å². The molecule has 0 radical (unpaired) electrons. The van der Waals surface area contributed by atoms with Gasteiger partial charge in [-0.1, -0.05) is 69.9 Å². The second-order valence-electron chi connectivity index (χ2n) is 8.53. The zero-order valence-corrected chi connectivity index (χ0v) is 15.6. The Morgan fingerprint density at radius 2 is 1.73 bits per heavy atom. The standard InChI is InChI=1S/C20H27NSi/c1-20(2,3)17-14-16(22(4,5)6)11-12-21-18-10-8-7-9-15(18)13-19(17)21/h7-14,17H,1-6H3. The Bertz CT molecular complexity index is 763. The molecular formula is C20H27NSi. The highest BCUT2D eigenvalue weighted by Crippen LogP contribution is 2.42. The summed E-state index contributed by atoms with van der Waals surface area (Å²) in [5.41, 5.74) is 2.94. The topological polar surface area (TPSA) is 4.93 Å². The van der Waals surface area contributed by atoms with Crippen LogP contribution in [0.25, 0.3) is 17.1 Å². The molecule has 22 heavy (non-hydrogen) atoms. The van der Waals surface area contributed by atoms with E-state index in [1.807, 2.05) is 0 Å². The number of para-hydroxylation sites is 1. The van der Waals surface area contributed by atoms with Gasteiger partial charge in [0.05, 0.1) is 13.6 Å². The molecule has 1 unspecified atom stereocenters. The maximum absolute atomic E-state index is 2.54. The van der Waals surface area contributed by atoms with Gasteiger partial charge in [-0.2, -0.15) is 0 Å². The van der Waals surface area contributed by atoms with Crippen LogP contribution < -0.4 is 0 Å². The van der Waals surface area contributed by atoms with E-state index in [0.29, 0.717) is 5.92 Å². The Hall–Kier alpha value is -1.54. The van der Waals surface area contributed by atoms with E-state index in [9.17, 15) is 0 Å². The number of hydrogen-bond acceptors (Lipinski definition) is 0. The zero-order chi connectivity index (χ0) is 16.1. The van der Waals surface area contributed by atoms with Crippen LogP contribution in [0.5, 0.6) is 0 Å². The first-order chi connectivity index (χ1) is 10.2. The van der Waals surface area contributed by atoms with Crippen LogP contribution in [-0.4, -0.2) is 12.6 Å². The largest absolute Gasteiger partial charge is 0.320 e. The fourth-order valence-electron chi connectivity index (χ4n) is 3.27. The van der Waals surface area contributed by atoms with Crippen molar-refractivity contribution in [3.8, 4) is 0 Å². The first-order valence-corrected chi connectivity index (χ1v) is 11.7. The van der Waals surface area contributed by atoms with Gasteiger partial charge in [0.25, 0.3) is 0 Å². The van der Waals surface area contributed by atoms with Crippen LogP contribution in [0.3, 0.4) is 0 Å². The molecule has 2 heterocycles. The van der Waals surface area contributed by atoms with Crippen LogP contribution in [0.15, 0.2) is 47.7 Å². The Kier molecular flexibility index (Phi) is 3.48. The molecule has 3 rings (SSSR count). The molecule has 2 aromatic rings. The second-order valence-corrected chi connectivity index (χ2v) is 13.6. The lowest BCUT2D eigenvalue weighted by molar-refractivity contribution is 0.360. The van der Waals surface area contributed by atoms with E-state index >= 15 is 0 Å². The number of benzene rings is 1. The van der Waals surface area contributed by atoms with Crippen molar-refractivity contribution in [1.29, 1.82) is 0 Å². The maximum atomic E-state index is 2.54. The lowest BCUT2D eigenvalue weighted by Gasteiger charge is -2.30. The minimum absolute atomic E-state index is 0.211. The summed E-state index contributed by atoms with van der Waals surface area (Å²) in [5, 5.41) is 2.89. The summed E-state index contributed by atoms with van der Waals surface area (Å²) in [6.45, 7) is 14.3. The van der Waals surface area contributed by atoms with Crippen molar-refractivity contribution in [2.24, 2.45) is 5.41 Å². The molecule has 116 valence electrons. The molecule has 2 heteroatoms. The van der Waals surface area contributed by atoms with Crippen LogP contribution in [0.2, 0.25) is 19.6 Å². The fraction of sp³-hybridized carbons (Fsp3) is 0.400. The molecule has 0 bridgehead atoms. The lowest BCUT2D eigenvalue weighted by atomic mass is 9.78. The molecule has 0 amide bonds. The van der Waals surface area contributed by atoms with E-state index < -0.39 is 8.07 Å². The number of fused-ring (bicyclic) bond motifs is 3. The molecule has 1 aromatic heterocycles. The van der Waals surface area contributed by atoms with Gasteiger partial charge in [-0.3, -0.25) is 0 Å². The summed E-state index contributed by atoms with van der Waals surface area (Å²) in [5.74, 6) is 0.441. The van der Waals surface area contributed by atoms with E-state index in [1.165, 1.54) is 16.6 Å². The SMILES string of the molecule is CC(C)(C)C1C=C([Si](C)(C)C)C=Cn2c1cc1ccccc12. The highest BCUT2D eigenvalue weighted by atomic mass is 28.3. The Morgan fingerprint density at radius 3 is 2.36 bits per heavy atom. The number of rotatable bonds is 1. The summed E-state index contributed by atoms with van der Waals surface area (Å²) in [6.07, 6.45) is 7.18. The summed E-state index contributed by atoms with van der Waals surface area (Å²) < 4.78 is 2.40. The molecule has 1 nitrogen and oxygen atoms in total. The van der Waals surface area contributed by atoms with Gasteiger partial charge in [-0.25, -0.2) is 0 Å². The van der Waals surface area contributed by atoms with Crippen molar-refractivity contribution in [1.82, 2.24) is 4.57 Å². The maximum Gasteiger partial charge on any atom is 0.0772 e. The predicted octanol–water partition coefficient (Wildman–Crippen LogP) is 6.06. The van der Waals surface area contributed by atoms with Gasteiger partial charge < -0.3 is 4.57 Å². The smallest absolute Gasteiger partial charge is 0.0772 e. The van der Waals surface area contributed by atoms with Gasteiger partial charge in [-0.15, -0.1) is 0 Å². The van der Waals surface area contributed by atoms with E-state index in [4.69, 9.17) is 0 Å². The number of allylic oxidation sites excluding steroid dienone is 3. The highest BCUT2D eigenvalue weighted by molar-refractivity contribution is 6.83. The van der Waals surface area contributed by atoms with Crippen molar-refractivity contribution in [3.63, 3.8) is 0 Å². The summed E-state index contributed by atoms with van der Waals surface area (Å²) in [6, 6.07) is 11.1. The normalized spacial score (nSPS) is 19.0. The van der Waals surface area contributed by atoms with E-state index in [0.717, 1.165) is 0 Å².